The maximum absolute atomic E-state index is 13.0. The van der Waals surface area contributed by atoms with Crippen LogP contribution in [0, 0.1) is 0 Å². The maximum Gasteiger partial charge on any atom is 0.334 e. The first kappa shape index (κ1) is 37.2. The van der Waals surface area contributed by atoms with Gasteiger partial charge in [0.15, 0.2) is 11.5 Å². The fraction of sp³-hybridized carbons (Fsp3) is 0.150. The van der Waals surface area contributed by atoms with Gasteiger partial charge in [-0.25, -0.2) is 9.59 Å². The Balaban J connectivity index is 0.000000251. The van der Waals surface area contributed by atoms with Crippen molar-refractivity contribution in [3.8, 4) is 11.5 Å². The molecule has 0 bridgehead atoms. The van der Waals surface area contributed by atoms with Gasteiger partial charge in [0.2, 0.25) is 0 Å². The Morgan fingerprint density at radius 3 is 1.71 bits per heavy atom. The highest BCUT2D eigenvalue weighted by Gasteiger charge is 2.25. The van der Waals surface area contributed by atoms with Crippen LogP contribution in [0.1, 0.15) is 37.4 Å². The number of ether oxygens (including phenoxy) is 2. The van der Waals surface area contributed by atoms with Crippen molar-refractivity contribution in [2.75, 3.05) is 7.11 Å². The van der Waals surface area contributed by atoms with Crippen LogP contribution in [0.15, 0.2) is 141 Å². The summed E-state index contributed by atoms with van der Waals surface area (Å²) in [5, 5.41) is 14.5. The van der Waals surface area contributed by atoms with Crippen LogP contribution in [0.3, 0.4) is 0 Å². The third-order valence-corrected chi connectivity index (χ3v) is 7.42. The van der Waals surface area contributed by atoms with Crippen molar-refractivity contribution < 1.29 is 33.8 Å². The molecule has 0 aliphatic carbocycles. The summed E-state index contributed by atoms with van der Waals surface area (Å²) in [6.07, 6.45) is 8.94. The van der Waals surface area contributed by atoms with Crippen LogP contribution in [-0.4, -0.2) is 58.0 Å². The molecule has 2 atom stereocenters. The van der Waals surface area contributed by atoms with Gasteiger partial charge in [-0.15, -0.1) is 6.58 Å². The molecule has 0 saturated heterocycles. The van der Waals surface area contributed by atoms with Gasteiger partial charge in [0, 0.05) is 37.6 Å². The number of pyridine rings is 2. The summed E-state index contributed by atoms with van der Waals surface area (Å²) in [6.45, 7) is 3.73. The van der Waals surface area contributed by atoms with E-state index in [4.69, 9.17) is 9.47 Å². The summed E-state index contributed by atoms with van der Waals surface area (Å²) < 4.78 is 11.0. The van der Waals surface area contributed by atoms with Gasteiger partial charge in [-0.2, -0.15) is 0 Å². The summed E-state index contributed by atoms with van der Waals surface area (Å²) in [7, 11) is 1.51. The molecule has 5 aromatic rings. The number of carboxylic acid groups (broad SMARTS) is 1. The second-order valence-electron chi connectivity index (χ2n) is 11.2. The number of aromatic nitrogens is 2. The minimum absolute atomic E-state index is 0.238. The summed E-state index contributed by atoms with van der Waals surface area (Å²) in [5.74, 6) is -1.78. The predicted octanol–water partition coefficient (Wildman–Crippen LogP) is 5.27. The molecule has 11 nitrogen and oxygen atoms in total. The minimum atomic E-state index is -1.06. The van der Waals surface area contributed by atoms with Gasteiger partial charge >= 0.3 is 11.9 Å². The molecule has 2 amide bonds. The fourth-order valence-electron chi connectivity index (χ4n) is 4.84. The van der Waals surface area contributed by atoms with Crippen LogP contribution in [0.2, 0.25) is 0 Å². The van der Waals surface area contributed by atoms with Crippen LogP contribution in [0.5, 0.6) is 11.5 Å². The zero-order valence-electron chi connectivity index (χ0n) is 28.0. The number of rotatable bonds is 14. The fourth-order valence-corrected chi connectivity index (χ4v) is 4.84. The quantitative estimate of drug-likeness (QED) is 0.0804. The van der Waals surface area contributed by atoms with Crippen molar-refractivity contribution >= 4 is 23.8 Å². The number of allylic oxidation sites excluding steroid dienone is 1. The lowest BCUT2D eigenvalue weighted by molar-refractivity contribution is -0.139. The molecule has 0 aliphatic rings. The standard InChI is InChI=1S/C25H24N2O4.C15H14N2O3/c1-3-8-18-12-13-22(23(16-18)30-2)31-25(29)21(15-19-9-5-4-6-10-19)27-24(28)20-11-7-14-26-17-20;18-14(12-7-4-8-16-10-12)17-13(15(19)20)9-11-5-2-1-3-6-11/h3-7,9-14,16-17,21H,1,8,15H2,2H3,(H,27,28);1-8,10,13H,9H2,(H,17,18)(H,19,20). The highest BCUT2D eigenvalue weighted by atomic mass is 16.6. The van der Waals surface area contributed by atoms with E-state index in [1.165, 1.54) is 19.5 Å². The number of carbonyl (C=O) groups is 4. The zero-order valence-corrected chi connectivity index (χ0v) is 28.0. The van der Waals surface area contributed by atoms with E-state index in [1.54, 1.807) is 54.9 Å². The lowest BCUT2D eigenvalue weighted by Crippen LogP contribution is -2.44. The number of nitrogens with one attached hydrogen (secondary N) is 2. The second kappa shape index (κ2) is 19.4. The molecule has 51 heavy (non-hydrogen) atoms. The number of esters is 1. The molecule has 3 N–H and O–H groups in total. The van der Waals surface area contributed by atoms with Crippen molar-refractivity contribution in [2.24, 2.45) is 0 Å². The number of carboxylic acids is 1. The number of benzene rings is 3. The Bertz CT molecular complexity index is 1890. The number of methoxy groups -OCH3 is 1. The van der Waals surface area contributed by atoms with Gasteiger partial charge in [0.25, 0.3) is 11.8 Å². The maximum atomic E-state index is 13.0. The van der Waals surface area contributed by atoms with E-state index in [2.05, 4.69) is 27.2 Å². The first-order valence-electron chi connectivity index (χ1n) is 16.0. The molecule has 2 heterocycles. The van der Waals surface area contributed by atoms with E-state index in [-0.39, 0.29) is 18.6 Å². The van der Waals surface area contributed by atoms with Crippen LogP contribution in [0.4, 0.5) is 0 Å². The lowest BCUT2D eigenvalue weighted by atomic mass is 10.1. The largest absolute Gasteiger partial charge is 0.493 e. The normalized spacial score (nSPS) is 11.4. The topological polar surface area (TPSA) is 157 Å². The third kappa shape index (κ3) is 11.8. The van der Waals surface area contributed by atoms with Crippen LogP contribution < -0.4 is 20.1 Å². The molecule has 0 fully saturated rings. The number of amides is 2. The average molecular weight is 687 g/mol. The Hall–Kier alpha value is -6.62. The monoisotopic (exact) mass is 686 g/mol. The van der Waals surface area contributed by atoms with Gasteiger partial charge in [-0.3, -0.25) is 19.6 Å². The molecule has 0 saturated carbocycles. The summed E-state index contributed by atoms with van der Waals surface area (Å²) in [4.78, 5) is 56.7. The van der Waals surface area contributed by atoms with Crippen LogP contribution >= 0.6 is 0 Å². The van der Waals surface area contributed by atoms with Crippen molar-refractivity contribution in [2.45, 2.75) is 31.3 Å². The summed E-state index contributed by atoms with van der Waals surface area (Å²) in [5.41, 5.74) is 3.43. The van der Waals surface area contributed by atoms with E-state index in [0.717, 1.165) is 16.7 Å². The van der Waals surface area contributed by atoms with Gasteiger partial charge in [0.1, 0.15) is 12.1 Å². The number of hydrogen-bond donors (Lipinski definition) is 3. The molecule has 0 radical (unpaired) electrons. The van der Waals surface area contributed by atoms with Gasteiger partial charge in [-0.05, 0) is 59.5 Å². The molecule has 260 valence electrons. The smallest absolute Gasteiger partial charge is 0.334 e. The molecule has 2 aromatic heterocycles. The number of carbonyl (C=O) groups excluding carboxylic acids is 3. The van der Waals surface area contributed by atoms with Crippen molar-refractivity contribution in [3.05, 3.63) is 168 Å². The highest BCUT2D eigenvalue weighted by molar-refractivity contribution is 5.97. The van der Waals surface area contributed by atoms with Crippen molar-refractivity contribution in [3.63, 3.8) is 0 Å². The summed E-state index contributed by atoms with van der Waals surface area (Å²) >= 11 is 0. The van der Waals surface area contributed by atoms with Crippen molar-refractivity contribution in [1.29, 1.82) is 0 Å². The summed E-state index contributed by atoms with van der Waals surface area (Å²) in [6, 6.07) is 28.6. The SMILES string of the molecule is C=CCc1ccc(OC(=O)C(Cc2ccccc2)NC(=O)c2cccnc2)c(OC)c1.O=C(NC(Cc1ccccc1)C(=O)O)c1cccnc1. The zero-order chi connectivity index (χ0) is 36.4. The predicted molar refractivity (Wildman–Crippen MR) is 191 cm³/mol. The molecule has 11 heteroatoms. The molecule has 5 rings (SSSR count). The molecule has 0 spiro atoms. The Morgan fingerprint density at radius 1 is 0.706 bits per heavy atom. The number of nitrogens with zero attached hydrogens (tertiary/aromatic N) is 2. The number of aliphatic carboxylic acids is 1. The molecular weight excluding hydrogens is 648 g/mol. The van der Waals surface area contributed by atoms with Gasteiger partial charge in [0.05, 0.1) is 18.2 Å². The Labute approximate surface area is 296 Å². The second-order valence-corrected chi connectivity index (χ2v) is 11.2. The lowest BCUT2D eigenvalue weighted by Gasteiger charge is -2.19. The van der Waals surface area contributed by atoms with E-state index in [0.29, 0.717) is 23.3 Å². The Morgan fingerprint density at radius 2 is 1.24 bits per heavy atom. The van der Waals surface area contributed by atoms with E-state index in [9.17, 15) is 24.3 Å². The number of hydrogen-bond acceptors (Lipinski definition) is 8. The average Bonchev–Trinajstić information content (AvgIpc) is 3.16. The first-order chi connectivity index (χ1) is 24.8. The van der Waals surface area contributed by atoms with E-state index < -0.39 is 35.8 Å². The highest BCUT2D eigenvalue weighted by Crippen LogP contribution is 2.29. The molecule has 2 unspecified atom stereocenters. The first-order valence-corrected chi connectivity index (χ1v) is 16.0. The van der Waals surface area contributed by atoms with Gasteiger partial charge in [-0.1, -0.05) is 72.8 Å². The Kier molecular flexibility index (Phi) is 14.1. The minimum Gasteiger partial charge on any atom is -0.493 e. The van der Waals surface area contributed by atoms with E-state index in [1.807, 2.05) is 66.7 Å². The van der Waals surface area contributed by atoms with Crippen LogP contribution in [-0.2, 0) is 28.9 Å². The third-order valence-electron chi connectivity index (χ3n) is 7.42. The molecular formula is C40H38N4O7. The van der Waals surface area contributed by atoms with Gasteiger partial charge < -0.3 is 25.2 Å². The molecule has 0 aliphatic heterocycles. The molecule has 3 aromatic carbocycles. The van der Waals surface area contributed by atoms with Crippen LogP contribution in [0.25, 0.3) is 0 Å². The van der Waals surface area contributed by atoms with E-state index >= 15 is 0 Å². The van der Waals surface area contributed by atoms with Crippen molar-refractivity contribution in [1.82, 2.24) is 20.6 Å².